The van der Waals surface area contributed by atoms with Gasteiger partial charge in [0, 0.05) is 11.8 Å². The van der Waals surface area contributed by atoms with E-state index in [0.717, 1.165) is 11.8 Å². The number of hydrogen-bond acceptors (Lipinski definition) is 4. The van der Waals surface area contributed by atoms with Crippen LogP contribution in [0.5, 0.6) is 0 Å². The summed E-state index contributed by atoms with van der Waals surface area (Å²) in [4.78, 5) is 27.7. The molecule has 2 rings (SSSR count). The van der Waals surface area contributed by atoms with Gasteiger partial charge in [-0.05, 0) is 6.07 Å². The highest BCUT2D eigenvalue weighted by Crippen LogP contribution is 2.23. The van der Waals surface area contributed by atoms with Gasteiger partial charge in [-0.2, -0.15) is 0 Å². The van der Waals surface area contributed by atoms with Gasteiger partial charge in [0.05, 0.1) is 12.3 Å². The molecule has 0 bridgehead atoms. The highest BCUT2D eigenvalue weighted by Gasteiger charge is 2.30. The first-order valence-corrected chi connectivity index (χ1v) is 5.61. The number of nitrogens with zero attached hydrogens (tertiary/aromatic N) is 2. The first kappa shape index (κ1) is 10.4. The van der Waals surface area contributed by atoms with Crippen LogP contribution in [0.4, 0.5) is 4.79 Å². The van der Waals surface area contributed by atoms with Gasteiger partial charge in [0.2, 0.25) is 5.91 Å². The number of amides is 2. The first-order valence-electron chi connectivity index (χ1n) is 4.25. The molecule has 1 aromatic heterocycles. The number of carbonyl (C=O) groups excluding carboxylic acids is 2. The third-order valence-corrected chi connectivity index (χ3v) is 3.20. The van der Waals surface area contributed by atoms with Gasteiger partial charge in [-0.3, -0.25) is 14.5 Å². The molecule has 15 heavy (non-hydrogen) atoms. The predicted molar refractivity (Wildman–Crippen MR) is 57.7 cm³/mol. The molecule has 4 nitrogen and oxygen atoms in total. The average molecular weight is 243 g/mol. The molecule has 0 atom stereocenters. The fourth-order valence-electron chi connectivity index (χ4n) is 1.24. The number of aromatic nitrogens is 1. The zero-order chi connectivity index (χ0) is 10.8. The van der Waals surface area contributed by atoms with Crippen molar-refractivity contribution in [1.82, 2.24) is 9.88 Å². The molecule has 1 saturated heterocycles. The Kier molecular flexibility index (Phi) is 2.93. The van der Waals surface area contributed by atoms with Crippen molar-refractivity contribution in [3.63, 3.8) is 0 Å². The molecular weight excluding hydrogens is 236 g/mol. The molecule has 78 valence electrons. The van der Waals surface area contributed by atoms with E-state index in [1.165, 1.54) is 4.90 Å². The Bertz CT molecular complexity index is 408. The summed E-state index contributed by atoms with van der Waals surface area (Å²) >= 11 is 6.84. The van der Waals surface area contributed by atoms with Crippen molar-refractivity contribution in [2.75, 3.05) is 5.75 Å². The van der Waals surface area contributed by atoms with Gasteiger partial charge in [0.15, 0.2) is 0 Å². The van der Waals surface area contributed by atoms with Gasteiger partial charge in [-0.25, -0.2) is 4.98 Å². The molecule has 1 aliphatic heterocycles. The highest BCUT2D eigenvalue weighted by atomic mass is 35.5. The Morgan fingerprint density at radius 2 is 2.33 bits per heavy atom. The second-order valence-electron chi connectivity index (χ2n) is 2.99. The van der Waals surface area contributed by atoms with E-state index < -0.39 is 0 Å². The summed E-state index contributed by atoms with van der Waals surface area (Å²) in [5.74, 6) is 0.0430. The van der Waals surface area contributed by atoms with E-state index in [1.807, 2.05) is 0 Å². The van der Waals surface area contributed by atoms with Crippen LogP contribution in [0.15, 0.2) is 18.3 Å². The normalized spacial score (nSPS) is 16.2. The summed E-state index contributed by atoms with van der Waals surface area (Å²) < 4.78 is 0. The molecule has 0 unspecified atom stereocenters. The zero-order valence-corrected chi connectivity index (χ0v) is 9.22. The Hall–Kier alpha value is -1.07. The van der Waals surface area contributed by atoms with E-state index in [0.29, 0.717) is 10.7 Å². The number of halogens is 1. The summed E-state index contributed by atoms with van der Waals surface area (Å²) in [5.41, 5.74) is 0.684. The maximum absolute atomic E-state index is 11.3. The molecule has 6 heteroatoms. The summed E-state index contributed by atoms with van der Waals surface area (Å²) in [6, 6.07) is 3.47. The van der Waals surface area contributed by atoms with E-state index in [4.69, 9.17) is 11.6 Å². The second-order valence-corrected chi connectivity index (χ2v) is 4.27. The molecule has 1 aliphatic rings. The number of thioether (sulfide) groups is 1. The number of hydrogen-bond donors (Lipinski definition) is 0. The van der Waals surface area contributed by atoms with Crippen LogP contribution in [0.3, 0.4) is 0 Å². The maximum atomic E-state index is 11.3. The van der Waals surface area contributed by atoms with Crippen molar-refractivity contribution in [2.24, 2.45) is 0 Å². The Balaban J connectivity index is 2.18. The number of carbonyl (C=O) groups is 2. The molecule has 0 radical (unpaired) electrons. The van der Waals surface area contributed by atoms with Crippen molar-refractivity contribution in [3.05, 3.63) is 29.0 Å². The van der Waals surface area contributed by atoms with E-state index >= 15 is 0 Å². The standard InChI is InChI=1S/C9H7ClN2O2S/c10-8-6(2-1-3-11-8)4-12-7(13)5-15-9(12)14/h1-3H,4-5H2. The van der Waals surface area contributed by atoms with Crippen molar-refractivity contribution in [1.29, 1.82) is 0 Å². The number of pyridine rings is 1. The van der Waals surface area contributed by atoms with Crippen LogP contribution in [0.1, 0.15) is 5.56 Å². The maximum Gasteiger partial charge on any atom is 0.289 e. The fraction of sp³-hybridized carbons (Fsp3) is 0.222. The molecule has 0 aliphatic carbocycles. The van der Waals surface area contributed by atoms with Crippen LogP contribution in [0, 0.1) is 0 Å². The lowest BCUT2D eigenvalue weighted by atomic mass is 10.2. The highest BCUT2D eigenvalue weighted by molar-refractivity contribution is 8.14. The molecule has 0 N–H and O–H groups in total. The summed E-state index contributed by atoms with van der Waals surface area (Å²) in [5, 5.41) is 0.106. The Morgan fingerprint density at radius 1 is 1.53 bits per heavy atom. The third kappa shape index (κ3) is 2.13. The van der Waals surface area contributed by atoms with Crippen LogP contribution >= 0.6 is 23.4 Å². The zero-order valence-electron chi connectivity index (χ0n) is 7.64. The Labute approximate surface area is 95.6 Å². The van der Waals surface area contributed by atoms with Crippen LogP contribution < -0.4 is 0 Å². The van der Waals surface area contributed by atoms with Crippen molar-refractivity contribution < 1.29 is 9.59 Å². The first-order chi connectivity index (χ1) is 7.18. The summed E-state index contributed by atoms with van der Waals surface area (Å²) in [7, 11) is 0. The van der Waals surface area contributed by atoms with Gasteiger partial charge in [-0.15, -0.1) is 0 Å². The minimum atomic E-state index is -0.222. The number of rotatable bonds is 2. The van der Waals surface area contributed by atoms with Gasteiger partial charge in [-0.1, -0.05) is 29.4 Å². The predicted octanol–water partition coefficient (Wildman–Crippen LogP) is 1.93. The van der Waals surface area contributed by atoms with Crippen molar-refractivity contribution in [2.45, 2.75) is 6.54 Å². The monoisotopic (exact) mass is 242 g/mol. The smallest absolute Gasteiger partial charge is 0.273 e. The largest absolute Gasteiger partial charge is 0.289 e. The van der Waals surface area contributed by atoms with Crippen LogP contribution in [0.2, 0.25) is 5.15 Å². The fourth-order valence-corrected chi connectivity index (χ4v) is 2.15. The Morgan fingerprint density at radius 3 is 2.93 bits per heavy atom. The van der Waals surface area contributed by atoms with Crippen molar-refractivity contribution >= 4 is 34.5 Å². The second kappa shape index (κ2) is 4.20. The SMILES string of the molecule is O=C1CSC(=O)N1Cc1cccnc1Cl. The van der Waals surface area contributed by atoms with Gasteiger partial charge in [0.1, 0.15) is 5.15 Å². The van der Waals surface area contributed by atoms with Crippen LogP contribution in [-0.4, -0.2) is 26.8 Å². The van der Waals surface area contributed by atoms with Crippen molar-refractivity contribution in [3.8, 4) is 0 Å². The van der Waals surface area contributed by atoms with E-state index in [1.54, 1.807) is 18.3 Å². The lowest BCUT2D eigenvalue weighted by molar-refractivity contribution is -0.125. The van der Waals surface area contributed by atoms with Gasteiger partial charge >= 0.3 is 0 Å². The molecule has 0 spiro atoms. The minimum absolute atomic E-state index is 0.176. The molecule has 2 amide bonds. The van der Waals surface area contributed by atoms with E-state index in [-0.39, 0.29) is 23.4 Å². The lowest BCUT2D eigenvalue weighted by Gasteiger charge is -2.12. The lowest BCUT2D eigenvalue weighted by Crippen LogP contribution is -2.28. The van der Waals surface area contributed by atoms with Gasteiger partial charge in [0.25, 0.3) is 5.24 Å². The van der Waals surface area contributed by atoms with E-state index in [9.17, 15) is 9.59 Å². The molecular formula is C9H7ClN2O2S. The molecule has 1 aromatic rings. The van der Waals surface area contributed by atoms with Crippen LogP contribution in [-0.2, 0) is 11.3 Å². The van der Waals surface area contributed by atoms with E-state index in [2.05, 4.69) is 4.98 Å². The minimum Gasteiger partial charge on any atom is -0.273 e. The summed E-state index contributed by atoms with van der Waals surface area (Å²) in [6.45, 7) is 0.206. The summed E-state index contributed by atoms with van der Waals surface area (Å²) in [6.07, 6.45) is 1.56. The number of imide groups is 1. The van der Waals surface area contributed by atoms with Gasteiger partial charge < -0.3 is 0 Å². The molecule has 0 aromatic carbocycles. The third-order valence-electron chi connectivity index (χ3n) is 2.01. The molecule has 2 heterocycles. The topological polar surface area (TPSA) is 50.3 Å². The molecule has 0 saturated carbocycles. The quantitative estimate of drug-likeness (QED) is 0.744. The average Bonchev–Trinajstić information content (AvgIpc) is 2.53. The van der Waals surface area contributed by atoms with Crippen LogP contribution in [0.25, 0.3) is 0 Å². The molecule has 1 fully saturated rings.